The van der Waals surface area contributed by atoms with Crippen LogP contribution >= 0.6 is 12.2 Å². The van der Waals surface area contributed by atoms with Crippen molar-refractivity contribution in [3.63, 3.8) is 0 Å². The van der Waals surface area contributed by atoms with Crippen molar-refractivity contribution in [1.29, 1.82) is 0 Å². The topological polar surface area (TPSA) is 83.6 Å². The second kappa shape index (κ2) is 6.92. The van der Waals surface area contributed by atoms with E-state index in [-0.39, 0.29) is 17.2 Å². The minimum atomic E-state index is -1.74. The van der Waals surface area contributed by atoms with Crippen LogP contribution in [0.25, 0.3) is 0 Å². The summed E-state index contributed by atoms with van der Waals surface area (Å²) >= 11 is 5.19. The molecule has 0 aliphatic rings. The highest BCUT2D eigenvalue weighted by atomic mass is 32.1. The number of hydrogen-bond acceptors (Lipinski definition) is 4. The molecule has 0 aliphatic carbocycles. The molecule has 4 N–H and O–H groups in total. The molecule has 0 heterocycles. The lowest BCUT2D eigenvalue weighted by atomic mass is 9.82. The maximum Gasteiger partial charge on any atom is 0.326 e. The number of aliphatic hydroxyl groups is 1. The van der Waals surface area contributed by atoms with Crippen molar-refractivity contribution < 1.29 is 15.0 Å². The highest BCUT2D eigenvalue weighted by molar-refractivity contribution is 7.80. The van der Waals surface area contributed by atoms with Gasteiger partial charge in [0.2, 0.25) is 0 Å². The van der Waals surface area contributed by atoms with Gasteiger partial charge < -0.3 is 15.9 Å². The van der Waals surface area contributed by atoms with E-state index in [9.17, 15) is 15.0 Å². The fourth-order valence-corrected chi connectivity index (χ4v) is 2.55. The zero-order valence-corrected chi connectivity index (χ0v) is 12.6. The van der Waals surface area contributed by atoms with Gasteiger partial charge in [-0.15, -0.1) is 0 Å². The van der Waals surface area contributed by atoms with Gasteiger partial charge in [0.05, 0.1) is 0 Å². The third-order valence-electron chi connectivity index (χ3n) is 3.16. The van der Waals surface area contributed by atoms with Crippen molar-refractivity contribution in [2.45, 2.75) is 38.3 Å². The largest absolute Gasteiger partial charge is 0.480 e. The highest BCUT2D eigenvalue weighted by Crippen LogP contribution is 2.21. The Bertz CT molecular complexity index is 475. The van der Waals surface area contributed by atoms with E-state index >= 15 is 0 Å². The molecule has 1 unspecified atom stereocenters. The van der Waals surface area contributed by atoms with Gasteiger partial charge in [-0.05, 0) is 17.9 Å². The predicted octanol–water partition coefficient (Wildman–Crippen LogP) is 1.79. The van der Waals surface area contributed by atoms with Gasteiger partial charge in [-0.3, -0.25) is 4.79 Å². The SMILES string of the molecule is CC(C)C[C@](N)(C(=O)O)C(O)C(=S)Cc1ccccc1. The van der Waals surface area contributed by atoms with E-state index in [0.29, 0.717) is 6.42 Å². The first kappa shape index (κ1) is 16.8. The van der Waals surface area contributed by atoms with Gasteiger partial charge in [0.15, 0.2) is 0 Å². The highest BCUT2D eigenvalue weighted by Gasteiger charge is 2.43. The lowest BCUT2D eigenvalue weighted by molar-refractivity contribution is -0.147. The number of hydrogen-bond donors (Lipinski definition) is 3. The molecule has 2 atom stereocenters. The van der Waals surface area contributed by atoms with Gasteiger partial charge >= 0.3 is 5.97 Å². The number of aliphatic carboxylic acids is 1. The molecule has 20 heavy (non-hydrogen) atoms. The Morgan fingerprint density at radius 3 is 2.35 bits per heavy atom. The normalized spacial score (nSPS) is 15.7. The fraction of sp³-hybridized carbons (Fsp3) is 0.467. The lowest BCUT2D eigenvalue weighted by Gasteiger charge is -2.32. The molecule has 0 bridgehead atoms. The quantitative estimate of drug-likeness (QED) is 0.668. The first-order valence-corrected chi connectivity index (χ1v) is 6.95. The predicted molar refractivity (Wildman–Crippen MR) is 82.8 cm³/mol. The molecule has 0 aromatic heterocycles. The Morgan fingerprint density at radius 2 is 1.90 bits per heavy atom. The van der Waals surface area contributed by atoms with Crippen molar-refractivity contribution in [2.75, 3.05) is 0 Å². The molecule has 110 valence electrons. The van der Waals surface area contributed by atoms with Crippen LogP contribution in [0.2, 0.25) is 0 Å². The van der Waals surface area contributed by atoms with Gasteiger partial charge in [0.25, 0.3) is 0 Å². The van der Waals surface area contributed by atoms with E-state index in [1.165, 1.54) is 0 Å². The molecule has 1 aromatic carbocycles. The average molecular weight is 295 g/mol. The first-order valence-electron chi connectivity index (χ1n) is 6.54. The molecule has 0 spiro atoms. The molecule has 5 heteroatoms. The Morgan fingerprint density at radius 1 is 1.35 bits per heavy atom. The van der Waals surface area contributed by atoms with Crippen LogP contribution in [0.3, 0.4) is 0 Å². The smallest absolute Gasteiger partial charge is 0.326 e. The van der Waals surface area contributed by atoms with Gasteiger partial charge in [-0.1, -0.05) is 56.4 Å². The Labute approximate surface area is 124 Å². The molecule has 1 rings (SSSR count). The van der Waals surface area contributed by atoms with E-state index in [4.69, 9.17) is 18.0 Å². The molecular formula is C15H21NO3S. The number of carboxylic acid groups (broad SMARTS) is 1. The van der Waals surface area contributed by atoms with Crippen LogP contribution in [-0.4, -0.2) is 32.7 Å². The number of aliphatic hydroxyl groups excluding tert-OH is 1. The average Bonchev–Trinajstić information content (AvgIpc) is 2.37. The summed E-state index contributed by atoms with van der Waals surface area (Å²) in [6, 6.07) is 9.36. The number of rotatable bonds is 7. The zero-order valence-electron chi connectivity index (χ0n) is 11.7. The Balaban J connectivity index is 2.87. The van der Waals surface area contributed by atoms with Crippen LogP contribution in [0.15, 0.2) is 30.3 Å². The van der Waals surface area contributed by atoms with Crippen LogP contribution in [0.4, 0.5) is 0 Å². The number of carboxylic acids is 1. The first-order chi connectivity index (χ1) is 9.27. The minimum absolute atomic E-state index is 0.0466. The molecule has 1 aromatic rings. The van der Waals surface area contributed by atoms with Gasteiger partial charge in [-0.2, -0.15) is 0 Å². The van der Waals surface area contributed by atoms with E-state index in [0.717, 1.165) is 5.56 Å². The molecule has 0 fully saturated rings. The lowest BCUT2D eigenvalue weighted by Crippen LogP contribution is -2.60. The van der Waals surface area contributed by atoms with E-state index in [1.807, 2.05) is 44.2 Å². The Kier molecular flexibility index (Phi) is 5.80. The number of carbonyl (C=O) groups is 1. The maximum absolute atomic E-state index is 11.4. The van der Waals surface area contributed by atoms with Gasteiger partial charge in [0.1, 0.15) is 11.6 Å². The van der Waals surface area contributed by atoms with E-state index in [2.05, 4.69) is 0 Å². The van der Waals surface area contributed by atoms with Crippen LogP contribution < -0.4 is 5.73 Å². The second-order valence-electron chi connectivity index (χ2n) is 5.47. The third-order valence-corrected chi connectivity index (χ3v) is 3.53. The standard InChI is InChI=1S/C15H21NO3S/c1-10(2)9-15(16,14(18)19)13(17)12(20)8-11-6-4-3-5-7-11/h3-7,10,13,17H,8-9,16H2,1-2H3,(H,18,19)/t13?,15-/m1/s1. The Hall–Kier alpha value is -1.30. The summed E-state index contributed by atoms with van der Waals surface area (Å²) in [6.07, 6.45) is -0.849. The van der Waals surface area contributed by atoms with Crippen LogP contribution in [0.5, 0.6) is 0 Å². The van der Waals surface area contributed by atoms with Crippen LogP contribution in [0, 0.1) is 5.92 Å². The van der Waals surface area contributed by atoms with Crippen molar-refractivity contribution in [3.05, 3.63) is 35.9 Å². The molecule has 0 saturated heterocycles. The molecule has 4 nitrogen and oxygen atoms in total. The summed E-state index contributed by atoms with van der Waals surface area (Å²) in [4.78, 5) is 11.7. The van der Waals surface area contributed by atoms with Crippen molar-refractivity contribution in [1.82, 2.24) is 0 Å². The van der Waals surface area contributed by atoms with Crippen molar-refractivity contribution >= 4 is 23.1 Å². The molecule has 0 saturated carbocycles. The van der Waals surface area contributed by atoms with Gasteiger partial charge in [0, 0.05) is 11.3 Å². The number of nitrogens with two attached hydrogens (primary N) is 1. The molecule has 0 amide bonds. The maximum atomic E-state index is 11.4. The molecule has 0 radical (unpaired) electrons. The summed E-state index contributed by atoms with van der Waals surface area (Å²) in [7, 11) is 0. The van der Waals surface area contributed by atoms with Crippen molar-refractivity contribution in [3.8, 4) is 0 Å². The zero-order chi connectivity index (χ0) is 15.3. The summed E-state index contributed by atoms with van der Waals surface area (Å²) in [6.45, 7) is 3.72. The summed E-state index contributed by atoms with van der Waals surface area (Å²) < 4.78 is 0. The summed E-state index contributed by atoms with van der Waals surface area (Å²) in [5, 5.41) is 19.6. The summed E-state index contributed by atoms with van der Waals surface area (Å²) in [5.74, 6) is -1.18. The van der Waals surface area contributed by atoms with Crippen molar-refractivity contribution in [2.24, 2.45) is 11.7 Å². The molecule has 0 aliphatic heterocycles. The minimum Gasteiger partial charge on any atom is -0.480 e. The third kappa shape index (κ3) is 4.10. The second-order valence-corrected chi connectivity index (χ2v) is 6.00. The van der Waals surface area contributed by atoms with E-state index in [1.54, 1.807) is 0 Å². The molecular weight excluding hydrogens is 274 g/mol. The van der Waals surface area contributed by atoms with Crippen LogP contribution in [0.1, 0.15) is 25.8 Å². The fourth-order valence-electron chi connectivity index (χ4n) is 2.17. The summed E-state index contributed by atoms with van der Waals surface area (Å²) in [5.41, 5.74) is 5.09. The monoisotopic (exact) mass is 295 g/mol. The number of thiocarbonyl (C=S) groups is 1. The number of benzene rings is 1. The van der Waals surface area contributed by atoms with Gasteiger partial charge in [-0.25, -0.2) is 0 Å². The van der Waals surface area contributed by atoms with Crippen LogP contribution in [-0.2, 0) is 11.2 Å². The van der Waals surface area contributed by atoms with E-state index < -0.39 is 17.6 Å².